The minimum absolute atomic E-state index is 0.00185. The van der Waals surface area contributed by atoms with Gasteiger partial charge in [-0.2, -0.15) is 0 Å². The highest BCUT2D eigenvalue weighted by molar-refractivity contribution is 5.96. The Balaban J connectivity index is 1.73. The normalized spacial score (nSPS) is 18.8. The van der Waals surface area contributed by atoms with Crippen molar-refractivity contribution in [3.63, 3.8) is 0 Å². The quantitative estimate of drug-likeness (QED) is 0.604. The van der Waals surface area contributed by atoms with Crippen molar-refractivity contribution >= 4 is 11.8 Å². The molecule has 2 N–H and O–H groups in total. The lowest BCUT2D eigenvalue weighted by Crippen LogP contribution is -2.28. The van der Waals surface area contributed by atoms with Crippen molar-refractivity contribution in [1.29, 1.82) is 0 Å². The molecule has 0 saturated carbocycles. The Bertz CT molecular complexity index is 1150. The molecule has 0 bridgehead atoms. The molecule has 1 fully saturated rings. The minimum Gasteiger partial charge on any atom is -0.355 e. The van der Waals surface area contributed by atoms with E-state index in [4.69, 9.17) is 0 Å². The number of hydrogen-bond acceptors (Lipinski definition) is 5. The molecule has 3 heterocycles. The van der Waals surface area contributed by atoms with Crippen LogP contribution < -0.4 is 10.6 Å². The van der Waals surface area contributed by atoms with Gasteiger partial charge in [0.05, 0.1) is 29.5 Å². The smallest absolute Gasteiger partial charge is 0.251 e. The molecule has 170 valence electrons. The number of nitrogens with zero attached hydrogens (tertiary/aromatic N) is 3. The van der Waals surface area contributed by atoms with Crippen LogP contribution in [0.25, 0.3) is 11.3 Å². The first-order valence-corrected chi connectivity index (χ1v) is 11.3. The van der Waals surface area contributed by atoms with Gasteiger partial charge in [0, 0.05) is 36.3 Å². The summed E-state index contributed by atoms with van der Waals surface area (Å²) in [7, 11) is 0. The van der Waals surface area contributed by atoms with Crippen molar-refractivity contribution < 1.29 is 9.59 Å². The van der Waals surface area contributed by atoms with Gasteiger partial charge in [0.25, 0.3) is 5.91 Å². The van der Waals surface area contributed by atoms with Crippen molar-refractivity contribution in [3.05, 3.63) is 77.5 Å². The number of aryl methyl sites for hydroxylation is 1. The highest BCUT2D eigenvalue weighted by Crippen LogP contribution is 2.36. The summed E-state index contributed by atoms with van der Waals surface area (Å²) in [4.78, 5) is 38.9. The monoisotopic (exact) mass is 443 g/mol. The van der Waals surface area contributed by atoms with Crippen molar-refractivity contribution in [2.75, 3.05) is 6.54 Å². The summed E-state index contributed by atoms with van der Waals surface area (Å²) in [6.45, 7) is 8.74. The third-order valence-electron chi connectivity index (χ3n) is 6.24. The number of carbonyl (C=O) groups excluding carboxylic acids is 2. The third kappa shape index (κ3) is 4.92. The molecule has 33 heavy (non-hydrogen) atoms. The molecular formula is C26H29N5O2. The molecule has 0 radical (unpaired) electrons. The summed E-state index contributed by atoms with van der Waals surface area (Å²) in [6, 6.07) is 9.27. The largest absolute Gasteiger partial charge is 0.355 e. The molecule has 7 nitrogen and oxygen atoms in total. The number of benzene rings is 1. The van der Waals surface area contributed by atoms with E-state index in [-0.39, 0.29) is 29.7 Å². The summed E-state index contributed by atoms with van der Waals surface area (Å²) in [5, 5.41) is 6.00. The van der Waals surface area contributed by atoms with Crippen LogP contribution in [-0.2, 0) is 4.79 Å². The molecule has 3 atom stereocenters. The van der Waals surface area contributed by atoms with E-state index in [1.54, 1.807) is 24.8 Å². The second-order valence-electron chi connectivity index (χ2n) is 9.02. The Kier molecular flexibility index (Phi) is 6.49. The fourth-order valence-electron chi connectivity index (χ4n) is 4.30. The number of amides is 2. The van der Waals surface area contributed by atoms with Gasteiger partial charge in [-0.05, 0) is 61.1 Å². The van der Waals surface area contributed by atoms with Gasteiger partial charge in [-0.15, -0.1) is 0 Å². The summed E-state index contributed by atoms with van der Waals surface area (Å²) >= 11 is 0. The maximum Gasteiger partial charge on any atom is 0.251 e. The van der Waals surface area contributed by atoms with Gasteiger partial charge in [0.1, 0.15) is 0 Å². The Labute approximate surface area is 194 Å². The number of hydrogen-bond donors (Lipinski definition) is 2. The second-order valence-corrected chi connectivity index (χ2v) is 9.02. The van der Waals surface area contributed by atoms with Crippen molar-refractivity contribution in [2.24, 2.45) is 11.8 Å². The molecule has 4 rings (SSSR count). The van der Waals surface area contributed by atoms with Gasteiger partial charge in [0.2, 0.25) is 5.91 Å². The molecule has 3 aromatic rings. The Hall–Kier alpha value is -3.61. The zero-order chi connectivity index (χ0) is 23.5. The van der Waals surface area contributed by atoms with E-state index in [1.165, 1.54) is 0 Å². The highest BCUT2D eigenvalue weighted by Gasteiger charge is 2.38. The molecule has 1 aliphatic heterocycles. The third-order valence-corrected chi connectivity index (χ3v) is 6.24. The molecule has 2 amide bonds. The molecule has 7 heteroatoms. The van der Waals surface area contributed by atoms with Crippen LogP contribution in [0.4, 0.5) is 0 Å². The van der Waals surface area contributed by atoms with Gasteiger partial charge in [0.15, 0.2) is 0 Å². The van der Waals surface area contributed by atoms with Gasteiger partial charge in [-0.25, -0.2) is 0 Å². The second kappa shape index (κ2) is 9.48. The van der Waals surface area contributed by atoms with Gasteiger partial charge in [-0.1, -0.05) is 19.9 Å². The number of rotatable bonds is 6. The van der Waals surface area contributed by atoms with E-state index in [1.807, 2.05) is 44.2 Å². The van der Waals surface area contributed by atoms with E-state index >= 15 is 0 Å². The number of nitrogens with one attached hydrogen (secondary N) is 2. The number of pyridine rings is 1. The van der Waals surface area contributed by atoms with E-state index in [0.717, 1.165) is 22.4 Å². The van der Waals surface area contributed by atoms with Gasteiger partial charge in [-0.3, -0.25) is 24.5 Å². The van der Waals surface area contributed by atoms with Crippen LogP contribution in [0.3, 0.4) is 0 Å². The van der Waals surface area contributed by atoms with Crippen molar-refractivity contribution in [1.82, 2.24) is 25.6 Å². The van der Waals surface area contributed by atoms with Crippen molar-refractivity contribution in [3.8, 4) is 11.3 Å². The summed E-state index contributed by atoms with van der Waals surface area (Å²) in [5.74, 6) is -0.0542. The van der Waals surface area contributed by atoms with Crippen LogP contribution in [0.2, 0.25) is 0 Å². The lowest BCUT2D eigenvalue weighted by Gasteiger charge is -2.22. The Morgan fingerprint density at radius 1 is 1.09 bits per heavy atom. The molecule has 1 aliphatic rings. The van der Waals surface area contributed by atoms with Crippen molar-refractivity contribution in [2.45, 2.75) is 39.7 Å². The fraction of sp³-hybridized carbons (Fsp3) is 0.346. The first kappa shape index (κ1) is 22.6. The first-order chi connectivity index (χ1) is 15.8. The molecule has 1 aromatic carbocycles. The van der Waals surface area contributed by atoms with Gasteiger partial charge >= 0.3 is 0 Å². The van der Waals surface area contributed by atoms with Gasteiger partial charge < -0.3 is 10.6 Å². The molecule has 0 aliphatic carbocycles. The number of carbonyl (C=O) groups is 2. The topological polar surface area (TPSA) is 96.9 Å². The van der Waals surface area contributed by atoms with Crippen LogP contribution >= 0.6 is 0 Å². The Morgan fingerprint density at radius 2 is 1.91 bits per heavy atom. The van der Waals surface area contributed by atoms with E-state index < -0.39 is 0 Å². The van der Waals surface area contributed by atoms with Crippen LogP contribution in [-0.4, -0.2) is 33.3 Å². The average molecular weight is 444 g/mol. The molecule has 0 spiro atoms. The standard InChI is InChI=1S/C26H29N5O2/c1-15(2)21-13-30-26(33)24(21)19-9-18(22-6-5-16(3)12-29-22)10-20(11-19)25(32)31-17(4)23-14-27-7-8-28-23/h5-12,14-15,17,21,24H,13H2,1-4H3,(H,30,33)(H,31,32)/t17?,21?,24-/m0/s1. The summed E-state index contributed by atoms with van der Waals surface area (Å²) in [5.41, 5.74) is 4.63. The van der Waals surface area contributed by atoms with E-state index in [2.05, 4.69) is 39.4 Å². The molecular weight excluding hydrogens is 414 g/mol. The molecule has 2 unspecified atom stereocenters. The average Bonchev–Trinajstić information content (AvgIpc) is 3.21. The molecule has 2 aromatic heterocycles. The lowest BCUT2D eigenvalue weighted by atomic mass is 9.80. The van der Waals surface area contributed by atoms with Crippen LogP contribution in [0, 0.1) is 18.8 Å². The highest BCUT2D eigenvalue weighted by atomic mass is 16.2. The maximum absolute atomic E-state index is 13.2. The first-order valence-electron chi connectivity index (χ1n) is 11.3. The molecule has 1 saturated heterocycles. The summed E-state index contributed by atoms with van der Waals surface area (Å²) < 4.78 is 0. The lowest BCUT2D eigenvalue weighted by molar-refractivity contribution is -0.120. The van der Waals surface area contributed by atoms with Crippen LogP contribution in [0.5, 0.6) is 0 Å². The maximum atomic E-state index is 13.2. The van der Waals surface area contributed by atoms with E-state index in [0.29, 0.717) is 23.7 Å². The minimum atomic E-state index is -0.311. The number of aromatic nitrogens is 3. The Morgan fingerprint density at radius 3 is 2.58 bits per heavy atom. The summed E-state index contributed by atoms with van der Waals surface area (Å²) in [6.07, 6.45) is 6.64. The SMILES string of the molecule is Cc1ccc(-c2cc(C(=O)NC(C)c3cnccn3)cc([C@@H]3C(=O)NCC3C(C)C)c2)nc1. The van der Waals surface area contributed by atoms with Crippen LogP contribution in [0.1, 0.15) is 59.9 Å². The van der Waals surface area contributed by atoms with Crippen LogP contribution in [0.15, 0.2) is 55.1 Å². The zero-order valence-corrected chi connectivity index (χ0v) is 19.4. The predicted octanol–water partition coefficient (Wildman–Crippen LogP) is 3.82. The zero-order valence-electron chi connectivity index (χ0n) is 19.4. The predicted molar refractivity (Wildman–Crippen MR) is 126 cm³/mol. The van der Waals surface area contributed by atoms with E-state index in [9.17, 15) is 9.59 Å². The fourth-order valence-corrected chi connectivity index (χ4v) is 4.30.